The summed E-state index contributed by atoms with van der Waals surface area (Å²) in [6, 6.07) is 18.7. The molecule has 0 bridgehead atoms. The Balaban J connectivity index is 1.58. The van der Waals surface area contributed by atoms with Crippen LogP contribution in [0.4, 0.5) is 24.5 Å². The zero-order chi connectivity index (χ0) is 27.9. The number of aliphatic hydroxyl groups is 1. The van der Waals surface area contributed by atoms with Gasteiger partial charge in [0.25, 0.3) is 0 Å². The summed E-state index contributed by atoms with van der Waals surface area (Å²) in [5.41, 5.74) is 5.34. The van der Waals surface area contributed by atoms with E-state index in [0.29, 0.717) is 35.1 Å². The topological polar surface area (TPSA) is 75.3 Å². The molecule has 6 rings (SSSR count). The molecule has 3 aliphatic rings. The first-order valence-electron chi connectivity index (χ1n) is 13.3. The third kappa shape index (κ3) is 5.29. The van der Waals surface area contributed by atoms with Gasteiger partial charge in [-0.15, -0.1) is 0 Å². The van der Waals surface area contributed by atoms with Gasteiger partial charge in [-0.3, -0.25) is 9.98 Å². The Hall–Kier alpha value is -4.24. The monoisotopic (exact) mass is 543 g/mol. The van der Waals surface area contributed by atoms with E-state index >= 15 is 0 Å². The van der Waals surface area contributed by atoms with Gasteiger partial charge in [0, 0.05) is 11.9 Å². The Morgan fingerprint density at radius 3 is 2.42 bits per heavy atom. The van der Waals surface area contributed by atoms with E-state index in [2.05, 4.69) is 10.3 Å². The summed E-state index contributed by atoms with van der Waals surface area (Å²) in [4.78, 5) is 14.3. The average Bonchev–Trinajstić information content (AvgIpc) is 2.93. The number of rotatable bonds is 4. The molecule has 0 amide bonds. The molecule has 1 aliphatic heterocycles. The summed E-state index contributed by atoms with van der Waals surface area (Å²) in [7, 11) is 0. The van der Waals surface area contributed by atoms with Gasteiger partial charge in [-0.05, 0) is 92.8 Å². The van der Waals surface area contributed by atoms with Crippen LogP contribution >= 0.6 is 0 Å². The quantitative estimate of drug-likeness (QED) is 0.245. The van der Waals surface area contributed by atoms with Crippen molar-refractivity contribution in [2.24, 2.45) is 4.99 Å². The lowest BCUT2D eigenvalue weighted by Gasteiger charge is -2.23. The first-order valence-corrected chi connectivity index (χ1v) is 13.3. The minimum Gasteiger partial charge on any atom is -0.393 e. The molecule has 0 saturated heterocycles. The number of aryl methyl sites for hydroxylation is 1. The van der Waals surface area contributed by atoms with E-state index in [-0.39, 0.29) is 12.1 Å². The van der Waals surface area contributed by atoms with Gasteiger partial charge in [-0.2, -0.15) is 13.2 Å². The molecule has 0 atom stereocenters. The van der Waals surface area contributed by atoms with Gasteiger partial charge in [0.1, 0.15) is 0 Å². The van der Waals surface area contributed by atoms with Gasteiger partial charge < -0.3 is 15.0 Å². The predicted octanol–water partition coefficient (Wildman–Crippen LogP) is 6.80. The second kappa shape index (κ2) is 10.4. The van der Waals surface area contributed by atoms with Gasteiger partial charge in [0.2, 0.25) is 0 Å². The van der Waals surface area contributed by atoms with Crippen LogP contribution in [0, 0.1) is 6.92 Å². The molecule has 1 aromatic heterocycles. The molecule has 0 spiro atoms. The highest BCUT2D eigenvalue weighted by molar-refractivity contribution is 5.84. The molecule has 204 valence electrons. The van der Waals surface area contributed by atoms with Gasteiger partial charge in [0.15, 0.2) is 0 Å². The van der Waals surface area contributed by atoms with Gasteiger partial charge >= 0.3 is 6.18 Å². The molecule has 3 aromatic rings. The molecule has 2 heterocycles. The van der Waals surface area contributed by atoms with Crippen molar-refractivity contribution in [3.05, 3.63) is 95.6 Å². The minimum absolute atomic E-state index is 0.0463. The number of fused-ring (bicyclic) bond motifs is 2. The van der Waals surface area contributed by atoms with Crippen LogP contribution in [-0.4, -0.2) is 31.8 Å². The molecule has 0 radical (unpaired) electrons. The van der Waals surface area contributed by atoms with Crippen LogP contribution in [-0.2, 0) is 6.18 Å². The standard InChI is InChI=1S/C31H28F3N5O/c1-19-14-22(18-35-17-19)37-26-15-28-30(16-27(26)36-21-8-12-24(40)13-9-21)39(29-5-3-2-4-25(29)38-28)23-10-6-20(7-11-23)31(32,33)34/h2-7,10-11,14-18,21,24,37,40H,8-9,12-13H2,1H3. The zero-order valence-electron chi connectivity index (χ0n) is 21.9. The van der Waals surface area contributed by atoms with Crippen LogP contribution in [0.2, 0.25) is 0 Å². The lowest BCUT2D eigenvalue weighted by molar-refractivity contribution is -0.137. The third-order valence-corrected chi connectivity index (χ3v) is 7.29. The molecular weight excluding hydrogens is 515 g/mol. The number of aromatic nitrogens is 3. The summed E-state index contributed by atoms with van der Waals surface area (Å²) in [6.07, 6.45) is 1.76. The second-order valence-electron chi connectivity index (χ2n) is 10.3. The maximum atomic E-state index is 13.3. The molecule has 6 nitrogen and oxygen atoms in total. The van der Waals surface area contributed by atoms with E-state index in [4.69, 9.17) is 9.98 Å². The van der Waals surface area contributed by atoms with Crippen LogP contribution < -0.4 is 10.7 Å². The van der Waals surface area contributed by atoms with Crippen LogP contribution in [0.1, 0.15) is 36.8 Å². The van der Waals surface area contributed by atoms with E-state index in [9.17, 15) is 18.3 Å². The Labute approximate surface area is 229 Å². The second-order valence-corrected chi connectivity index (χ2v) is 10.3. The van der Waals surface area contributed by atoms with Crippen molar-refractivity contribution in [1.29, 1.82) is 0 Å². The van der Waals surface area contributed by atoms with Crippen molar-refractivity contribution >= 4 is 22.4 Å². The Morgan fingerprint density at radius 1 is 0.950 bits per heavy atom. The maximum absolute atomic E-state index is 13.3. The van der Waals surface area contributed by atoms with E-state index in [1.54, 1.807) is 12.4 Å². The summed E-state index contributed by atoms with van der Waals surface area (Å²) in [5.74, 6) is 0. The van der Waals surface area contributed by atoms with Crippen LogP contribution in [0.25, 0.3) is 28.1 Å². The SMILES string of the molecule is Cc1cncc(Nc2cc3nc4ccccc4n(-c4ccc(C(F)(F)F)cc4)c-3cc2=NC2CCC(O)CC2)c1. The van der Waals surface area contributed by atoms with E-state index < -0.39 is 11.7 Å². The van der Waals surface area contributed by atoms with E-state index in [1.807, 2.05) is 54.0 Å². The van der Waals surface area contributed by atoms with Crippen LogP contribution in [0.3, 0.4) is 0 Å². The fourth-order valence-corrected chi connectivity index (χ4v) is 5.29. The molecule has 2 aromatic carbocycles. The molecule has 9 heteroatoms. The number of aliphatic hydroxyl groups excluding tert-OH is 1. The van der Waals surface area contributed by atoms with Crippen molar-refractivity contribution < 1.29 is 18.3 Å². The molecule has 40 heavy (non-hydrogen) atoms. The largest absolute Gasteiger partial charge is 0.416 e. The lowest BCUT2D eigenvalue weighted by atomic mass is 9.93. The van der Waals surface area contributed by atoms with Crippen molar-refractivity contribution in [3.63, 3.8) is 0 Å². The Kier molecular flexibility index (Phi) is 6.75. The number of halogens is 3. The Bertz CT molecular complexity index is 1700. The highest BCUT2D eigenvalue weighted by Gasteiger charge is 2.30. The van der Waals surface area contributed by atoms with Gasteiger partial charge in [0.05, 0.1) is 63.1 Å². The zero-order valence-corrected chi connectivity index (χ0v) is 21.9. The molecule has 1 fully saturated rings. The number of alkyl halides is 3. The fraction of sp³-hybridized carbons (Fsp3) is 0.258. The number of pyridine rings is 1. The van der Waals surface area contributed by atoms with Gasteiger partial charge in [-0.1, -0.05) is 12.1 Å². The van der Waals surface area contributed by atoms with Crippen LogP contribution in [0.5, 0.6) is 0 Å². The number of benzene rings is 3. The Morgan fingerprint density at radius 2 is 1.70 bits per heavy atom. The number of hydrogen-bond donors (Lipinski definition) is 2. The summed E-state index contributed by atoms with van der Waals surface area (Å²) in [5, 5.41) is 14.2. The highest BCUT2D eigenvalue weighted by atomic mass is 19.4. The smallest absolute Gasteiger partial charge is 0.393 e. The van der Waals surface area contributed by atoms with Gasteiger partial charge in [-0.25, -0.2) is 4.98 Å². The number of anilines is 2. The lowest BCUT2D eigenvalue weighted by Crippen LogP contribution is -2.24. The van der Waals surface area contributed by atoms with Crippen molar-refractivity contribution in [3.8, 4) is 17.1 Å². The molecule has 0 unspecified atom stereocenters. The number of nitrogens with one attached hydrogen (secondary N) is 1. The van der Waals surface area contributed by atoms with Crippen molar-refractivity contribution in [2.75, 3.05) is 5.32 Å². The van der Waals surface area contributed by atoms with Crippen molar-refractivity contribution in [1.82, 2.24) is 14.5 Å². The summed E-state index contributed by atoms with van der Waals surface area (Å²) >= 11 is 0. The summed E-state index contributed by atoms with van der Waals surface area (Å²) in [6.45, 7) is 1.97. The van der Waals surface area contributed by atoms with E-state index in [0.717, 1.165) is 53.1 Å². The number of hydrogen-bond acceptors (Lipinski definition) is 5. The van der Waals surface area contributed by atoms with E-state index in [1.165, 1.54) is 12.1 Å². The molecule has 2 aliphatic carbocycles. The highest BCUT2D eigenvalue weighted by Crippen LogP contribution is 2.33. The minimum atomic E-state index is -4.42. The third-order valence-electron chi connectivity index (χ3n) is 7.29. The number of nitrogens with zero attached hydrogens (tertiary/aromatic N) is 4. The molecule has 2 N–H and O–H groups in total. The maximum Gasteiger partial charge on any atom is 0.416 e. The first kappa shape index (κ1) is 26.0. The van der Waals surface area contributed by atoms with Crippen molar-refractivity contribution in [2.45, 2.75) is 50.9 Å². The first-order chi connectivity index (χ1) is 19.2. The molecular formula is C31H28F3N5O. The van der Waals surface area contributed by atoms with Crippen LogP contribution in [0.15, 0.2) is 84.1 Å². The molecule has 1 saturated carbocycles. The predicted molar refractivity (Wildman–Crippen MR) is 149 cm³/mol. The normalized spacial score (nSPS) is 18.4. The number of para-hydroxylation sites is 2. The average molecular weight is 544 g/mol. The summed E-state index contributed by atoms with van der Waals surface area (Å²) < 4.78 is 41.9. The fourth-order valence-electron chi connectivity index (χ4n) is 5.29.